The van der Waals surface area contributed by atoms with E-state index in [1.54, 1.807) is 6.07 Å². The summed E-state index contributed by atoms with van der Waals surface area (Å²) in [7, 11) is 0. The molecule has 1 saturated heterocycles. The van der Waals surface area contributed by atoms with Crippen molar-refractivity contribution in [2.75, 3.05) is 13.2 Å². The van der Waals surface area contributed by atoms with Crippen LogP contribution in [0, 0.1) is 18.8 Å². The normalized spacial score (nSPS) is 19.1. The zero-order chi connectivity index (χ0) is 16.2. The molecule has 2 unspecified atom stereocenters. The minimum absolute atomic E-state index is 0.00972. The summed E-state index contributed by atoms with van der Waals surface area (Å²) in [5.41, 5.74) is 3.16. The topological polar surface area (TPSA) is 21.8 Å². The van der Waals surface area contributed by atoms with Crippen LogP contribution in [-0.2, 0) is 9.47 Å². The molecule has 0 aromatic heterocycles. The lowest BCUT2D eigenvalue weighted by Crippen LogP contribution is -2.03. The monoisotopic (exact) mass is 346 g/mol. The average Bonchev–Trinajstić information content (AvgIpc) is 3.26. The molecule has 4 heteroatoms. The minimum atomic E-state index is -0.00972. The minimum Gasteiger partial charge on any atom is -0.366 e. The first kappa shape index (κ1) is 16.4. The predicted molar refractivity (Wildman–Crippen MR) is 93.0 cm³/mol. The second-order valence-corrected chi connectivity index (χ2v) is 6.29. The van der Waals surface area contributed by atoms with Crippen LogP contribution >= 0.6 is 23.2 Å². The summed E-state index contributed by atoms with van der Waals surface area (Å²) in [5, 5.41) is 1.25. The number of epoxide rings is 1. The van der Waals surface area contributed by atoms with Crippen molar-refractivity contribution in [3.05, 3.63) is 69.2 Å². The SMILES string of the molecule is Cc1cccc(C#CCOCC2OC2c2ccc(Cl)cc2Cl)c1. The fraction of sp³-hybridized carbons (Fsp3) is 0.263. The van der Waals surface area contributed by atoms with Gasteiger partial charge in [0.1, 0.15) is 18.8 Å². The summed E-state index contributed by atoms with van der Waals surface area (Å²) in [6, 6.07) is 13.5. The maximum absolute atomic E-state index is 6.17. The van der Waals surface area contributed by atoms with Gasteiger partial charge in [-0.3, -0.25) is 0 Å². The van der Waals surface area contributed by atoms with Gasteiger partial charge in [0, 0.05) is 21.2 Å². The molecule has 2 aromatic carbocycles. The lowest BCUT2D eigenvalue weighted by Gasteiger charge is -2.01. The van der Waals surface area contributed by atoms with Crippen LogP contribution in [0.3, 0.4) is 0 Å². The van der Waals surface area contributed by atoms with Gasteiger partial charge >= 0.3 is 0 Å². The third kappa shape index (κ3) is 4.50. The van der Waals surface area contributed by atoms with Crippen molar-refractivity contribution < 1.29 is 9.47 Å². The summed E-state index contributed by atoms with van der Waals surface area (Å²) in [4.78, 5) is 0. The lowest BCUT2D eigenvalue weighted by atomic mass is 10.1. The van der Waals surface area contributed by atoms with Gasteiger partial charge < -0.3 is 9.47 Å². The summed E-state index contributed by atoms with van der Waals surface area (Å²) < 4.78 is 11.2. The summed E-state index contributed by atoms with van der Waals surface area (Å²) in [6.07, 6.45) is 0.0268. The Morgan fingerprint density at radius 2 is 2.04 bits per heavy atom. The highest BCUT2D eigenvalue weighted by molar-refractivity contribution is 6.35. The van der Waals surface area contributed by atoms with Crippen LogP contribution in [-0.4, -0.2) is 19.3 Å². The highest BCUT2D eigenvalue weighted by Gasteiger charge is 2.41. The number of benzene rings is 2. The standard InChI is InChI=1S/C19H16Cl2O2/c1-13-4-2-5-14(10-13)6-3-9-22-12-18-19(23-18)16-8-7-15(20)11-17(16)21/h2,4-5,7-8,10-11,18-19H,9,12H2,1H3. The molecule has 1 aliphatic rings. The Balaban J connectivity index is 1.45. The number of rotatable bonds is 4. The van der Waals surface area contributed by atoms with E-state index < -0.39 is 0 Å². The summed E-state index contributed by atoms with van der Waals surface area (Å²) in [6.45, 7) is 2.94. The quantitative estimate of drug-likeness (QED) is 0.450. The van der Waals surface area contributed by atoms with E-state index in [4.69, 9.17) is 32.7 Å². The molecule has 0 amide bonds. The van der Waals surface area contributed by atoms with Crippen LogP contribution in [0.1, 0.15) is 22.8 Å². The first-order chi connectivity index (χ1) is 11.1. The van der Waals surface area contributed by atoms with E-state index >= 15 is 0 Å². The number of hydrogen-bond donors (Lipinski definition) is 0. The highest BCUT2D eigenvalue weighted by atomic mass is 35.5. The maximum Gasteiger partial charge on any atom is 0.113 e. The molecule has 118 valence electrons. The van der Waals surface area contributed by atoms with Crippen LogP contribution in [0.15, 0.2) is 42.5 Å². The van der Waals surface area contributed by atoms with Crippen molar-refractivity contribution in [1.82, 2.24) is 0 Å². The third-order valence-electron chi connectivity index (χ3n) is 3.56. The molecule has 1 heterocycles. The number of hydrogen-bond acceptors (Lipinski definition) is 2. The van der Waals surface area contributed by atoms with E-state index in [2.05, 4.69) is 17.9 Å². The number of halogens is 2. The second-order valence-electron chi connectivity index (χ2n) is 5.45. The Hall–Kier alpha value is -1.50. The van der Waals surface area contributed by atoms with Crippen LogP contribution in [0.25, 0.3) is 0 Å². The van der Waals surface area contributed by atoms with Gasteiger partial charge in [0.2, 0.25) is 0 Å². The zero-order valence-corrected chi connectivity index (χ0v) is 14.2. The fourth-order valence-electron chi connectivity index (χ4n) is 2.36. The molecule has 3 rings (SSSR count). The van der Waals surface area contributed by atoms with Crippen molar-refractivity contribution in [1.29, 1.82) is 0 Å². The zero-order valence-electron chi connectivity index (χ0n) is 12.7. The Bertz CT molecular complexity index is 761. The third-order valence-corrected chi connectivity index (χ3v) is 4.12. The number of aryl methyl sites for hydroxylation is 1. The van der Waals surface area contributed by atoms with E-state index in [0.29, 0.717) is 23.3 Å². The van der Waals surface area contributed by atoms with E-state index in [1.807, 2.05) is 37.3 Å². The largest absolute Gasteiger partial charge is 0.366 e. The Morgan fingerprint density at radius 3 is 2.83 bits per heavy atom. The van der Waals surface area contributed by atoms with Gasteiger partial charge in [0.15, 0.2) is 0 Å². The molecule has 1 aliphatic heterocycles. The van der Waals surface area contributed by atoms with Crippen LogP contribution in [0.4, 0.5) is 0 Å². The molecule has 0 N–H and O–H groups in total. The first-order valence-corrected chi connectivity index (χ1v) is 8.13. The van der Waals surface area contributed by atoms with Crippen LogP contribution in [0.5, 0.6) is 0 Å². The van der Waals surface area contributed by atoms with Gasteiger partial charge in [-0.25, -0.2) is 0 Å². The smallest absolute Gasteiger partial charge is 0.113 e. The predicted octanol–water partition coefficient (Wildman–Crippen LogP) is 4.81. The molecular formula is C19H16Cl2O2. The van der Waals surface area contributed by atoms with E-state index in [1.165, 1.54) is 5.56 Å². The second kappa shape index (κ2) is 7.38. The first-order valence-electron chi connectivity index (χ1n) is 7.37. The fourth-order valence-corrected chi connectivity index (χ4v) is 2.88. The van der Waals surface area contributed by atoms with E-state index in [9.17, 15) is 0 Å². The molecule has 23 heavy (non-hydrogen) atoms. The van der Waals surface area contributed by atoms with E-state index in [-0.39, 0.29) is 12.2 Å². The molecule has 0 spiro atoms. The molecule has 1 fully saturated rings. The van der Waals surface area contributed by atoms with Crippen molar-refractivity contribution in [3.8, 4) is 11.8 Å². The Labute approximate surface area is 146 Å². The Kier molecular flexibility index (Phi) is 5.25. The van der Waals surface area contributed by atoms with Crippen molar-refractivity contribution >= 4 is 23.2 Å². The van der Waals surface area contributed by atoms with Gasteiger partial charge in [-0.1, -0.05) is 53.2 Å². The average molecular weight is 347 g/mol. The highest BCUT2D eigenvalue weighted by Crippen LogP contribution is 2.42. The molecule has 0 radical (unpaired) electrons. The van der Waals surface area contributed by atoms with Crippen molar-refractivity contribution in [3.63, 3.8) is 0 Å². The van der Waals surface area contributed by atoms with Gasteiger partial charge in [0.05, 0.1) is 6.61 Å². The van der Waals surface area contributed by atoms with Gasteiger partial charge in [-0.2, -0.15) is 0 Å². The molecule has 2 atom stereocenters. The Morgan fingerprint density at radius 1 is 1.17 bits per heavy atom. The van der Waals surface area contributed by atoms with Gasteiger partial charge in [-0.15, -0.1) is 0 Å². The summed E-state index contributed by atoms with van der Waals surface area (Å²) in [5.74, 6) is 6.10. The van der Waals surface area contributed by atoms with Gasteiger partial charge in [0.25, 0.3) is 0 Å². The van der Waals surface area contributed by atoms with Gasteiger partial charge in [-0.05, 0) is 36.8 Å². The lowest BCUT2D eigenvalue weighted by molar-refractivity contribution is 0.145. The molecule has 2 aromatic rings. The molecule has 2 nitrogen and oxygen atoms in total. The number of ether oxygens (including phenoxy) is 2. The maximum atomic E-state index is 6.17. The molecule has 0 saturated carbocycles. The molecular weight excluding hydrogens is 331 g/mol. The molecule has 0 bridgehead atoms. The molecule has 0 aliphatic carbocycles. The van der Waals surface area contributed by atoms with Crippen molar-refractivity contribution in [2.45, 2.75) is 19.1 Å². The van der Waals surface area contributed by atoms with Crippen LogP contribution in [0.2, 0.25) is 10.0 Å². The summed E-state index contributed by atoms with van der Waals surface area (Å²) >= 11 is 12.1. The van der Waals surface area contributed by atoms with Crippen molar-refractivity contribution in [2.24, 2.45) is 0 Å². The van der Waals surface area contributed by atoms with E-state index in [0.717, 1.165) is 11.1 Å². The van der Waals surface area contributed by atoms with Crippen LogP contribution < -0.4 is 0 Å².